The smallest absolute Gasteiger partial charge is 0.251 e. The van der Waals surface area contributed by atoms with Gasteiger partial charge in [-0.05, 0) is 54.6 Å². The van der Waals surface area contributed by atoms with E-state index < -0.39 is 11.7 Å². The molecule has 3 N–H and O–H groups in total. The van der Waals surface area contributed by atoms with Crippen LogP contribution in [0.2, 0.25) is 0 Å². The second-order valence-corrected chi connectivity index (χ2v) is 10.3. The van der Waals surface area contributed by atoms with Crippen LogP contribution < -0.4 is 10.6 Å². The second kappa shape index (κ2) is 11.9. The Morgan fingerprint density at radius 1 is 1.00 bits per heavy atom. The highest BCUT2D eigenvalue weighted by atomic mass is 19.1. The summed E-state index contributed by atoms with van der Waals surface area (Å²) in [6.07, 6.45) is 4.22. The Morgan fingerprint density at radius 3 is 2.52 bits per heavy atom. The maximum Gasteiger partial charge on any atom is 0.251 e. The highest BCUT2D eigenvalue weighted by molar-refractivity contribution is 5.94. The Hall–Kier alpha value is -5.00. The molecule has 3 aromatic heterocycles. The molecule has 0 spiro atoms. The molecule has 5 aromatic rings. The average molecular weight is 566 g/mol. The molecular formula is C31H28FN7O3. The first-order chi connectivity index (χ1) is 20.5. The maximum absolute atomic E-state index is 13.7. The zero-order valence-electron chi connectivity index (χ0n) is 22.8. The molecule has 1 amide bonds. The van der Waals surface area contributed by atoms with Crippen molar-refractivity contribution in [2.75, 3.05) is 25.1 Å². The first-order valence-electron chi connectivity index (χ1n) is 13.4. The molecule has 0 aliphatic carbocycles. The third-order valence-electron chi connectivity index (χ3n) is 6.77. The normalized spacial score (nSPS) is 18.4. The number of rotatable bonds is 8. The summed E-state index contributed by atoms with van der Waals surface area (Å²) >= 11 is 0. The van der Waals surface area contributed by atoms with Crippen LogP contribution in [0.5, 0.6) is 0 Å². The fourth-order valence-corrected chi connectivity index (χ4v) is 4.52. The summed E-state index contributed by atoms with van der Waals surface area (Å²) in [5, 5.41) is 6.11. The van der Waals surface area contributed by atoms with E-state index >= 15 is 0 Å². The van der Waals surface area contributed by atoms with Gasteiger partial charge in [0.1, 0.15) is 5.82 Å². The summed E-state index contributed by atoms with van der Waals surface area (Å²) in [5.41, 5.74) is 3.32. The summed E-state index contributed by atoms with van der Waals surface area (Å²) in [6, 6.07) is 20.6. The van der Waals surface area contributed by atoms with Crippen molar-refractivity contribution < 1.29 is 18.7 Å². The van der Waals surface area contributed by atoms with Crippen molar-refractivity contribution in [3.63, 3.8) is 0 Å². The van der Waals surface area contributed by atoms with E-state index in [4.69, 9.17) is 14.5 Å². The topological polar surface area (TPSA) is 127 Å². The quantitative estimate of drug-likeness (QED) is 0.232. The van der Waals surface area contributed by atoms with Crippen molar-refractivity contribution in [1.29, 1.82) is 0 Å². The second-order valence-electron chi connectivity index (χ2n) is 10.3. The number of carbonyl (C=O) groups is 1. The van der Waals surface area contributed by atoms with Crippen molar-refractivity contribution in [2.45, 2.75) is 13.2 Å². The molecule has 0 atom stereocenters. The van der Waals surface area contributed by atoms with Gasteiger partial charge in [0.25, 0.3) is 5.91 Å². The number of benzene rings is 2. The van der Waals surface area contributed by atoms with Crippen molar-refractivity contribution in [3.8, 4) is 22.6 Å². The summed E-state index contributed by atoms with van der Waals surface area (Å²) in [6.45, 7) is 3.04. The Kier molecular flexibility index (Phi) is 7.67. The van der Waals surface area contributed by atoms with Gasteiger partial charge in [-0.15, -0.1) is 0 Å². The molecule has 1 aliphatic rings. The molecule has 6 rings (SSSR count). The number of aromatic amines is 1. The number of hydrogen-bond donors (Lipinski definition) is 3. The van der Waals surface area contributed by atoms with E-state index in [1.54, 1.807) is 48.9 Å². The van der Waals surface area contributed by atoms with Crippen molar-refractivity contribution in [1.82, 2.24) is 30.2 Å². The van der Waals surface area contributed by atoms with Crippen LogP contribution in [0.4, 0.5) is 16.0 Å². The number of imidazole rings is 1. The summed E-state index contributed by atoms with van der Waals surface area (Å²) in [5.74, 6) is 0.319. The van der Waals surface area contributed by atoms with Gasteiger partial charge in [0, 0.05) is 35.5 Å². The number of aromatic nitrogens is 5. The van der Waals surface area contributed by atoms with E-state index in [2.05, 4.69) is 30.6 Å². The molecule has 42 heavy (non-hydrogen) atoms. The van der Waals surface area contributed by atoms with Crippen molar-refractivity contribution in [2.24, 2.45) is 5.41 Å². The van der Waals surface area contributed by atoms with Crippen LogP contribution in [0.25, 0.3) is 22.6 Å². The van der Waals surface area contributed by atoms with Crippen LogP contribution >= 0.6 is 0 Å². The Balaban J connectivity index is 1.22. The number of carbonyl (C=O) groups excluding carboxylic acids is 1. The molecule has 1 fully saturated rings. The minimum atomic E-state index is -0.773. The molecule has 0 unspecified atom stereocenters. The molecule has 0 saturated carbocycles. The summed E-state index contributed by atoms with van der Waals surface area (Å²) in [4.78, 5) is 33.7. The van der Waals surface area contributed by atoms with E-state index in [0.717, 1.165) is 5.69 Å². The van der Waals surface area contributed by atoms with E-state index in [1.165, 1.54) is 12.1 Å². The first-order valence-corrected chi connectivity index (χ1v) is 13.4. The maximum atomic E-state index is 13.7. The summed E-state index contributed by atoms with van der Waals surface area (Å²) in [7, 11) is 0. The number of pyridine rings is 1. The predicted molar refractivity (Wildman–Crippen MR) is 154 cm³/mol. The lowest BCUT2D eigenvalue weighted by molar-refractivity contribution is -0.231. The van der Waals surface area contributed by atoms with Crippen LogP contribution in [0.3, 0.4) is 0 Å². The number of nitrogens with one attached hydrogen (secondary N) is 3. The molecule has 4 heterocycles. The largest absolute Gasteiger partial charge is 0.351 e. The van der Waals surface area contributed by atoms with Gasteiger partial charge < -0.3 is 25.1 Å². The molecule has 0 bridgehead atoms. The molecular weight excluding hydrogens is 537 g/mol. The molecule has 212 valence electrons. The predicted octanol–water partition coefficient (Wildman–Crippen LogP) is 5.29. The number of amides is 1. The fourth-order valence-electron chi connectivity index (χ4n) is 4.52. The van der Waals surface area contributed by atoms with Gasteiger partial charge in [0.2, 0.25) is 12.2 Å². The minimum absolute atomic E-state index is 0.152. The van der Waals surface area contributed by atoms with E-state index in [-0.39, 0.29) is 11.7 Å². The lowest BCUT2D eigenvalue weighted by Gasteiger charge is -2.36. The summed E-state index contributed by atoms with van der Waals surface area (Å²) < 4.78 is 25.9. The van der Waals surface area contributed by atoms with Crippen LogP contribution in [-0.2, 0) is 9.47 Å². The lowest BCUT2D eigenvalue weighted by Crippen LogP contribution is -2.45. The van der Waals surface area contributed by atoms with Crippen LogP contribution in [0.15, 0.2) is 91.4 Å². The van der Waals surface area contributed by atoms with E-state index in [1.807, 2.05) is 37.3 Å². The Bertz CT molecular complexity index is 1660. The molecule has 1 aliphatic heterocycles. The van der Waals surface area contributed by atoms with Gasteiger partial charge in [-0.25, -0.2) is 19.3 Å². The van der Waals surface area contributed by atoms with Crippen LogP contribution in [-0.4, -0.2) is 50.6 Å². The first kappa shape index (κ1) is 27.2. The van der Waals surface area contributed by atoms with Gasteiger partial charge in [-0.2, -0.15) is 0 Å². The number of nitrogens with zero attached hydrogens (tertiary/aromatic N) is 4. The van der Waals surface area contributed by atoms with Gasteiger partial charge in [-0.1, -0.05) is 25.1 Å². The van der Waals surface area contributed by atoms with Crippen LogP contribution in [0, 0.1) is 11.2 Å². The molecule has 10 nitrogen and oxygen atoms in total. The third kappa shape index (κ3) is 6.17. The standard InChI is InChI=1S/C31H28FN7O3/c1-31(17-35-28(40)21-6-3-2-4-7-21)18-41-29(42-19-31)27-38-25(20-9-11-22(32)12-10-20)26(39-27)24-13-15-34-30(37-24)36-23-8-5-14-33-16-23/h2-16,29H,17-19H2,1H3,(H,35,40)(H,38,39)(H,34,36,37). The van der Waals surface area contributed by atoms with E-state index in [9.17, 15) is 9.18 Å². The Labute approximate surface area is 241 Å². The highest BCUT2D eigenvalue weighted by Crippen LogP contribution is 2.35. The number of anilines is 2. The van der Waals surface area contributed by atoms with Gasteiger partial charge >= 0.3 is 0 Å². The molecule has 0 radical (unpaired) electrons. The number of hydrogen-bond acceptors (Lipinski definition) is 8. The lowest BCUT2D eigenvalue weighted by atomic mass is 9.92. The van der Waals surface area contributed by atoms with Crippen molar-refractivity contribution in [3.05, 3.63) is 109 Å². The fraction of sp³-hybridized carbons (Fsp3) is 0.194. The number of H-pyrrole nitrogens is 1. The molecule has 1 saturated heterocycles. The van der Waals surface area contributed by atoms with Crippen LogP contribution in [0.1, 0.15) is 29.4 Å². The third-order valence-corrected chi connectivity index (χ3v) is 6.77. The van der Waals surface area contributed by atoms with E-state index in [0.29, 0.717) is 59.7 Å². The minimum Gasteiger partial charge on any atom is -0.351 e. The Morgan fingerprint density at radius 2 is 1.79 bits per heavy atom. The highest BCUT2D eigenvalue weighted by Gasteiger charge is 2.35. The monoisotopic (exact) mass is 565 g/mol. The number of halogens is 1. The molecule has 2 aromatic carbocycles. The number of ether oxygens (including phenoxy) is 2. The van der Waals surface area contributed by atoms with Crippen molar-refractivity contribution >= 4 is 17.5 Å². The van der Waals surface area contributed by atoms with Gasteiger partial charge in [-0.3, -0.25) is 9.78 Å². The molecule has 11 heteroatoms. The zero-order valence-corrected chi connectivity index (χ0v) is 22.8. The van der Waals surface area contributed by atoms with Gasteiger partial charge in [0.15, 0.2) is 5.82 Å². The van der Waals surface area contributed by atoms with Gasteiger partial charge in [0.05, 0.1) is 42.2 Å². The SMILES string of the molecule is CC1(CNC(=O)c2ccccc2)COC(c2nc(-c3ccc(F)cc3)c(-c3ccnc(Nc4cccnc4)n3)[nH]2)OC1. The zero-order chi connectivity index (χ0) is 28.9. The average Bonchev–Trinajstić information content (AvgIpc) is 3.47.